The van der Waals surface area contributed by atoms with Crippen molar-refractivity contribution >= 4 is 18.0 Å². The van der Waals surface area contributed by atoms with Gasteiger partial charge in [0, 0.05) is 24.4 Å². The summed E-state index contributed by atoms with van der Waals surface area (Å²) in [7, 11) is 0. The molecule has 33 heavy (non-hydrogen) atoms. The Morgan fingerprint density at radius 2 is 1.70 bits per heavy atom. The lowest BCUT2D eigenvalue weighted by atomic mass is 9.91. The van der Waals surface area contributed by atoms with Crippen LogP contribution in [0.5, 0.6) is 0 Å². The van der Waals surface area contributed by atoms with Crippen LogP contribution in [0.4, 0.5) is 4.79 Å². The molecule has 0 saturated heterocycles. The van der Waals surface area contributed by atoms with Crippen molar-refractivity contribution in [2.45, 2.75) is 44.2 Å². The number of benzene rings is 2. The normalized spacial score (nSPS) is 19.8. The van der Waals surface area contributed by atoms with Crippen molar-refractivity contribution in [1.82, 2.24) is 10.6 Å². The number of carboxylic acids is 1. The first-order valence-corrected chi connectivity index (χ1v) is 11.2. The van der Waals surface area contributed by atoms with E-state index in [-0.39, 0.29) is 30.9 Å². The summed E-state index contributed by atoms with van der Waals surface area (Å²) in [6.07, 6.45) is 3.95. The van der Waals surface area contributed by atoms with E-state index in [9.17, 15) is 14.4 Å². The minimum Gasteiger partial charge on any atom is -0.481 e. The summed E-state index contributed by atoms with van der Waals surface area (Å²) in [6.45, 7) is 1.94. The fourth-order valence-electron chi connectivity index (χ4n) is 4.63. The number of carbonyl (C=O) groups excluding carboxylic acids is 2. The molecule has 0 spiro atoms. The number of hydrogen-bond acceptors (Lipinski definition) is 4. The summed E-state index contributed by atoms with van der Waals surface area (Å²) in [5, 5.41) is 14.7. The SMILES string of the molecule is CC(CC(=O)NC1C=CCC(C(=O)O)C1)NC(=O)OCC1c2ccccc2-c2ccccc21. The summed E-state index contributed by atoms with van der Waals surface area (Å²) in [5.74, 6) is -1.62. The largest absolute Gasteiger partial charge is 0.481 e. The zero-order valence-corrected chi connectivity index (χ0v) is 18.5. The Kier molecular flexibility index (Phi) is 6.77. The molecule has 3 atom stereocenters. The summed E-state index contributed by atoms with van der Waals surface area (Å²) >= 11 is 0. The zero-order chi connectivity index (χ0) is 23.4. The van der Waals surface area contributed by atoms with Crippen LogP contribution in [0.3, 0.4) is 0 Å². The van der Waals surface area contributed by atoms with E-state index in [1.807, 2.05) is 30.3 Å². The Morgan fingerprint density at radius 3 is 2.33 bits per heavy atom. The second kappa shape index (κ2) is 9.90. The summed E-state index contributed by atoms with van der Waals surface area (Å²) in [5.41, 5.74) is 4.60. The van der Waals surface area contributed by atoms with Crippen molar-refractivity contribution < 1.29 is 24.2 Å². The van der Waals surface area contributed by atoms with Gasteiger partial charge in [-0.05, 0) is 42.0 Å². The smallest absolute Gasteiger partial charge is 0.407 e. The number of amides is 2. The molecule has 7 heteroatoms. The third-order valence-electron chi connectivity index (χ3n) is 6.22. The molecule has 0 fully saturated rings. The molecule has 172 valence electrons. The van der Waals surface area contributed by atoms with E-state index in [4.69, 9.17) is 9.84 Å². The van der Waals surface area contributed by atoms with Crippen molar-refractivity contribution in [3.05, 3.63) is 71.8 Å². The van der Waals surface area contributed by atoms with Crippen LogP contribution in [0.15, 0.2) is 60.7 Å². The Bertz CT molecular complexity index is 1030. The van der Waals surface area contributed by atoms with Crippen LogP contribution >= 0.6 is 0 Å². The van der Waals surface area contributed by atoms with Crippen LogP contribution in [0.1, 0.15) is 43.2 Å². The average molecular weight is 449 g/mol. The molecule has 2 aliphatic carbocycles. The number of fused-ring (bicyclic) bond motifs is 3. The molecule has 7 nitrogen and oxygen atoms in total. The van der Waals surface area contributed by atoms with E-state index >= 15 is 0 Å². The minimum absolute atomic E-state index is 0.0259. The standard InChI is InChI=1S/C26H28N2O5/c1-16(13-24(29)28-18-8-6-7-17(14-18)25(30)31)27-26(32)33-15-23-21-11-4-2-9-19(21)20-10-3-5-12-22(20)23/h2-6,8-12,16-18,23H,7,13-15H2,1H3,(H,27,32)(H,28,29)(H,30,31). The van der Waals surface area contributed by atoms with E-state index in [0.717, 1.165) is 22.3 Å². The van der Waals surface area contributed by atoms with Gasteiger partial charge in [0.15, 0.2) is 0 Å². The lowest BCUT2D eigenvalue weighted by Gasteiger charge is -2.23. The van der Waals surface area contributed by atoms with Crippen LogP contribution in [0.2, 0.25) is 0 Å². The van der Waals surface area contributed by atoms with Gasteiger partial charge in [0.05, 0.1) is 5.92 Å². The van der Waals surface area contributed by atoms with E-state index in [2.05, 4.69) is 34.9 Å². The number of carboxylic acid groups (broad SMARTS) is 1. The van der Waals surface area contributed by atoms with E-state index in [0.29, 0.717) is 12.8 Å². The number of hydrogen-bond donors (Lipinski definition) is 3. The highest BCUT2D eigenvalue weighted by molar-refractivity contribution is 5.80. The fraction of sp³-hybridized carbons (Fsp3) is 0.346. The minimum atomic E-state index is -0.858. The van der Waals surface area contributed by atoms with Gasteiger partial charge in [0.1, 0.15) is 6.61 Å². The Labute approximate surface area is 192 Å². The molecule has 0 aliphatic heterocycles. The van der Waals surface area contributed by atoms with Crippen LogP contribution in [-0.2, 0) is 14.3 Å². The highest BCUT2D eigenvalue weighted by Gasteiger charge is 2.29. The van der Waals surface area contributed by atoms with Crippen LogP contribution in [0.25, 0.3) is 11.1 Å². The molecule has 0 saturated carbocycles. The third kappa shape index (κ3) is 5.25. The molecule has 3 unspecified atom stereocenters. The van der Waals surface area contributed by atoms with Gasteiger partial charge >= 0.3 is 12.1 Å². The molecule has 2 aromatic carbocycles. The van der Waals surface area contributed by atoms with Crippen LogP contribution in [0, 0.1) is 5.92 Å². The molecule has 0 aromatic heterocycles. The maximum atomic E-state index is 12.4. The number of carbonyl (C=O) groups is 3. The highest BCUT2D eigenvalue weighted by atomic mass is 16.5. The predicted octanol–water partition coefficient (Wildman–Crippen LogP) is 3.84. The molecular weight excluding hydrogens is 420 g/mol. The summed E-state index contributed by atoms with van der Waals surface area (Å²) in [6, 6.07) is 15.5. The Hall–Kier alpha value is -3.61. The molecule has 0 heterocycles. The molecule has 2 aliphatic rings. The number of ether oxygens (including phenoxy) is 1. The topological polar surface area (TPSA) is 105 Å². The van der Waals surface area contributed by atoms with E-state index in [1.165, 1.54) is 0 Å². The maximum Gasteiger partial charge on any atom is 0.407 e. The second-order valence-corrected chi connectivity index (χ2v) is 8.68. The quantitative estimate of drug-likeness (QED) is 0.558. The van der Waals surface area contributed by atoms with Gasteiger partial charge in [-0.2, -0.15) is 0 Å². The van der Waals surface area contributed by atoms with Crippen molar-refractivity contribution in [1.29, 1.82) is 0 Å². The van der Waals surface area contributed by atoms with Gasteiger partial charge in [-0.3, -0.25) is 9.59 Å². The molecule has 0 radical (unpaired) electrons. The Balaban J connectivity index is 1.26. The van der Waals surface area contributed by atoms with Crippen molar-refractivity contribution in [3.8, 4) is 11.1 Å². The zero-order valence-electron chi connectivity index (χ0n) is 18.5. The first-order valence-electron chi connectivity index (χ1n) is 11.2. The number of aliphatic carboxylic acids is 1. The van der Waals surface area contributed by atoms with E-state index in [1.54, 1.807) is 13.0 Å². The van der Waals surface area contributed by atoms with E-state index < -0.39 is 24.0 Å². The monoisotopic (exact) mass is 448 g/mol. The van der Waals surface area contributed by atoms with Gasteiger partial charge in [-0.25, -0.2) is 4.79 Å². The Morgan fingerprint density at radius 1 is 1.06 bits per heavy atom. The van der Waals surface area contributed by atoms with Crippen molar-refractivity contribution in [2.75, 3.05) is 6.61 Å². The van der Waals surface area contributed by atoms with Crippen molar-refractivity contribution in [3.63, 3.8) is 0 Å². The molecule has 2 amide bonds. The van der Waals surface area contributed by atoms with Gasteiger partial charge < -0.3 is 20.5 Å². The number of nitrogens with one attached hydrogen (secondary N) is 2. The summed E-state index contributed by atoms with van der Waals surface area (Å²) < 4.78 is 5.52. The third-order valence-corrected chi connectivity index (χ3v) is 6.22. The van der Waals surface area contributed by atoms with Crippen LogP contribution in [-0.4, -0.2) is 41.8 Å². The highest BCUT2D eigenvalue weighted by Crippen LogP contribution is 2.44. The van der Waals surface area contributed by atoms with Crippen LogP contribution < -0.4 is 10.6 Å². The number of rotatable bonds is 7. The number of allylic oxidation sites excluding steroid dienone is 1. The maximum absolute atomic E-state index is 12.4. The van der Waals surface area contributed by atoms with Gasteiger partial charge in [-0.1, -0.05) is 60.7 Å². The number of alkyl carbamates (subject to hydrolysis) is 1. The van der Waals surface area contributed by atoms with Gasteiger partial charge in [0.25, 0.3) is 0 Å². The van der Waals surface area contributed by atoms with Crippen molar-refractivity contribution in [2.24, 2.45) is 5.92 Å². The van der Waals surface area contributed by atoms with Gasteiger partial charge in [-0.15, -0.1) is 0 Å². The first kappa shape index (κ1) is 22.6. The first-order chi connectivity index (χ1) is 15.9. The lowest BCUT2D eigenvalue weighted by Crippen LogP contribution is -2.42. The second-order valence-electron chi connectivity index (χ2n) is 8.68. The lowest BCUT2D eigenvalue weighted by molar-refractivity contribution is -0.142. The molecule has 4 rings (SSSR count). The molecule has 0 bridgehead atoms. The molecule has 2 aromatic rings. The average Bonchev–Trinajstić information content (AvgIpc) is 3.11. The molecular formula is C26H28N2O5. The summed E-state index contributed by atoms with van der Waals surface area (Å²) in [4.78, 5) is 35.9. The van der Waals surface area contributed by atoms with Gasteiger partial charge in [0.2, 0.25) is 5.91 Å². The fourth-order valence-corrected chi connectivity index (χ4v) is 4.63. The molecule has 3 N–H and O–H groups in total. The predicted molar refractivity (Wildman–Crippen MR) is 124 cm³/mol.